The molecule has 0 radical (unpaired) electrons. The van der Waals surface area contributed by atoms with Crippen molar-refractivity contribution in [3.05, 3.63) is 53.9 Å². The van der Waals surface area contributed by atoms with Gasteiger partial charge in [0.2, 0.25) is 5.91 Å². The first-order chi connectivity index (χ1) is 12.2. The molecule has 0 spiro atoms. The van der Waals surface area contributed by atoms with Crippen LogP contribution in [0.25, 0.3) is 11.0 Å². The normalized spacial score (nSPS) is 11.9. The van der Waals surface area contributed by atoms with Gasteiger partial charge >= 0.3 is 6.18 Å². The first kappa shape index (κ1) is 17.9. The van der Waals surface area contributed by atoms with Crippen LogP contribution >= 0.6 is 0 Å². The Balaban J connectivity index is 1.69. The maximum atomic E-state index is 12.6. The second kappa shape index (κ2) is 6.78. The Labute approximate surface area is 147 Å². The lowest BCUT2D eigenvalue weighted by Crippen LogP contribution is -2.15. The third-order valence-electron chi connectivity index (χ3n) is 3.85. The van der Waals surface area contributed by atoms with E-state index in [1.54, 1.807) is 16.9 Å². The first-order valence-corrected chi connectivity index (χ1v) is 8.03. The van der Waals surface area contributed by atoms with Crippen LogP contribution in [0.4, 0.5) is 18.9 Å². The molecule has 0 atom stereocenters. The van der Waals surface area contributed by atoms with Crippen LogP contribution in [-0.2, 0) is 17.4 Å². The number of rotatable bonds is 4. The van der Waals surface area contributed by atoms with Gasteiger partial charge in [-0.25, -0.2) is 9.67 Å². The summed E-state index contributed by atoms with van der Waals surface area (Å²) in [6, 6.07) is 6.47. The number of fused-ring (bicyclic) bond motifs is 1. The predicted octanol–water partition coefficient (Wildman–Crippen LogP) is 4.21. The van der Waals surface area contributed by atoms with Gasteiger partial charge in [-0.3, -0.25) is 4.79 Å². The van der Waals surface area contributed by atoms with E-state index in [0.717, 1.165) is 23.2 Å². The molecule has 0 unspecified atom stereocenters. The van der Waals surface area contributed by atoms with Crippen molar-refractivity contribution in [2.75, 3.05) is 5.32 Å². The average molecular weight is 362 g/mol. The topological polar surface area (TPSA) is 59.8 Å². The van der Waals surface area contributed by atoms with Gasteiger partial charge in [0.25, 0.3) is 0 Å². The van der Waals surface area contributed by atoms with Crippen LogP contribution in [0.15, 0.2) is 42.7 Å². The summed E-state index contributed by atoms with van der Waals surface area (Å²) in [5.74, 6) is -0.331. The van der Waals surface area contributed by atoms with E-state index in [9.17, 15) is 18.0 Å². The lowest BCUT2D eigenvalue weighted by atomic mass is 10.1. The van der Waals surface area contributed by atoms with Crippen LogP contribution < -0.4 is 5.32 Å². The fourth-order valence-corrected chi connectivity index (χ4v) is 2.59. The number of hydrogen-bond donors (Lipinski definition) is 1. The van der Waals surface area contributed by atoms with Crippen molar-refractivity contribution in [2.24, 2.45) is 0 Å². The van der Waals surface area contributed by atoms with Crippen molar-refractivity contribution in [1.82, 2.24) is 14.8 Å². The zero-order valence-electron chi connectivity index (χ0n) is 14.2. The molecule has 1 N–H and O–H groups in total. The average Bonchev–Trinajstić information content (AvgIpc) is 2.97. The summed E-state index contributed by atoms with van der Waals surface area (Å²) in [7, 11) is 0. The highest BCUT2D eigenvalue weighted by atomic mass is 19.4. The molecule has 1 aromatic carbocycles. The van der Waals surface area contributed by atoms with Gasteiger partial charge in [0.1, 0.15) is 0 Å². The molecule has 5 nitrogen and oxygen atoms in total. The van der Waals surface area contributed by atoms with Gasteiger partial charge in [-0.2, -0.15) is 18.3 Å². The summed E-state index contributed by atoms with van der Waals surface area (Å²) in [6.07, 6.45) is -1.20. The number of nitrogens with one attached hydrogen (secondary N) is 1. The maximum absolute atomic E-state index is 12.6. The Morgan fingerprint density at radius 1 is 1.19 bits per heavy atom. The van der Waals surface area contributed by atoms with Crippen molar-refractivity contribution >= 4 is 22.6 Å². The summed E-state index contributed by atoms with van der Waals surface area (Å²) in [5, 5.41) is 7.76. The molecule has 3 rings (SSSR count). The predicted molar refractivity (Wildman–Crippen MR) is 91.7 cm³/mol. The Kier molecular flexibility index (Phi) is 4.67. The number of halogens is 3. The lowest BCUT2D eigenvalue weighted by molar-refractivity contribution is -0.137. The van der Waals surface area contributed by atoms with Crippen LogP contribution in [0.1, 0.15) is 31.0 Å². The number of carbonyl (C=O) groups excluding carboxylic acids is 1. The van der Waals surface area contributed by atoms with Gasteiger partial charge in [-0.1, -0.05) is 12.1 Å². The molecule has 1 amide bonds. The van der Waals surface area contributed by atoms with Crippen LogP contribution in [0.5, 0.6) is 0 Å². The molecule has 136 valence electrons. The smallest absolute Gasteiger partial charge is 0.324 e. The zero-order chi connectivity index (χ0) is 18.9. The van der Waals surface area contributed by atoms with Crippen LogP contribution in [0, 0.1) is 0 Å². The Hall–Kier alpha value is -2.90. The lowest BCUT2D eigenvalue weighted by Gasteiger charge is -2.09. The van der Waals surface area contributed by atoms with E-state index < -0.39 is 11.7 Å². The van der Waals surface area contributed by atoms with Gasteiger partial charge < -0.3 is 5.32 Å². The summed E-state index contributed by atoms with van der Waals surface area (Å²) in [4.78, 5) is 16.5. The van der Waals surface area contributed by atoms with Crippen LogP contribution in [0.3, 0.4) is 0 Å². The van der Waals surface area contributed by atoms with Crippen LogP contribution in [-0.4, -0.2) is 20.7 Å². The molecule has 0 fully saturated rings. The number of alkyl halides is 3. The fraction of sp³-hybridized carbons (Fsp3) is 0.278. The molecule has 0 saturated heterocycles. The van der Waals surface area contributed by atoms with Crippen molar-refractivity contribution in [3.8, 4) is 0 Å². The Morgan fingerprint density at radius 3 is 2.50 bits per heavy atom. The minimum atomic E-state index is -4.39. The number of aromatic nitrogens is 3. The minimum Gasteiger partial charge on any atom is -0.324 e. The number of carbonyl (C=O) groups is 1. The van der Waals surface area contributed by atoms with E-state index in [1.807, 2.05) is 13.8 Å². The van der Waals surface area contributed by atoms with E-state index in [1.165, 1.54) is 18.3 Å². The highest BCUT2D eigenvalue weighted by molar-refractivity contribution is 5.93. The molecule has 0 saturated carbocycles. The van der Waals surface area contributed by atoms with E-state index in [-0.39, 0.29) is 18.4 Å². The molecule has 0 aliphatic rings. The number of nitrogens with zero attached hydrogens (tertiary/aromatic N) is 3. The molecule has 0 bridgehead atoms. The number of hydrogen-bond acceptors (Lipinski definition) is 3. The monoisotopic (exact) mass is 362 g/mol. The number of pyridine rings is 1. The number of anilines is 1. The Morgan fingerprint density at radius 2 is 1.88 bits per heavy atom. The molecule has 0 aliphatic carbocycles. The molecule has 3 aromatic rings. The molecule has 2 aromatic heterocycles. The summed E-state index contributed by atoms with van der Waals surface area (Å²) >= 11 is 0. The van der Waals surface area contributed by atoms with E-state index in [2.05, 4.69) is 15.4 Å². The van der Waals surface area contributed by atoms with Gasteiger partial charge in [0, 0.05) is 11.4 Å². The Bertz CT molecular complexity index is 930. The third-order valence-corrected chi connectivity index (χ3v) is 3.85. The van der Waals surface area contributed by atoms with Crippen molar-refractivity contribution < 1.29 is 18.0 Å². The maximum Gasteiger partial charge on any atom is 0.416 e. The van der Waals surface area contributed by atoms with E-state index in [0.29, 0.717) is 11.3 Å². The quantitative estimate of drug-likeness (QED) is 0.756. The van der Waals surface area contributed by atoms with E-state index in [4.69, 9.17) is 0 Å². The second-order valence-corrected chi connectivity index (χ2v) is 6.24. The zero-order valence-corrected chi connectivity index (χ0v) is 14.2. The summed E-state index contributed by atoms with van der Waals surface area (Å²) < 4.78 is 39.4. The van der Waals surface area contributed by atoms with Crippen LogP contribution in [0.2, 0.25) is 0 Å². The largest absolute Gasteiger partial charge is 0.416 e. The summed E-state index contributed by atoms with van der Waals surface area (Å²) in [5.41, 5.74) is 0.995. The van der Waals surface area contributed by atoms with Crippen molar-refractivity contribution in [1.29, 1.82) is 0 Å². The molecular weight excluding hydrogens is 345 g/mol. The van der Waals surface area contributed by atoms with E-state index >= 15 is 0 Å². The SMILES string of the molecule is CC(C)n1ncc2cc(NC(=O)Cc3ccc(C(F)(F)F)cc3)cnc21. The molecule has 8 heteroatoms. The number of amides is 1. The summed E-state index contributed by atoms with van der Waals surface area (Å²) in [6.45, 7) is 3.99. The number of benzene rings is 1. The van der Waals surface area contributed by atoms with Crippen molar-refractivity contribution in [3.63, 3.8) is 0 Å². The second-order valence-electron chi connectivity index (χ2n) is 6.24. The van der Waals surface area contributed by atoms with Gasteiger partial charge in [0.15, 0.2) is 5.65 Å². The van der Waals surface area contributed by atoms with Gasteiger partial charge in [-0.15, -0.1) is 0 Å². The third kappa shape index (κ3) is 3.84. The highest BCUT2D eigenvalue weighted by Gasteiger charge is 2.29. The van der Waals surface area contributed by atoms with Gasteiger partial charge in [-0.05, 0) is 37.6 Å². The fourth-order valence-electron chi connectivity index (χ4n) is 2.59. The molecular formula is C18H17F3N4O. The standard InChI is InChI=1S/C18H17F3N4O/c1-11(2)25-17-13(9-23-25)8-15(10-22-17)24-16(26)7-12-3-5-14(6-4-12)18(19,20)21/h3-6,8-11H,7H2,1-2H3,(H,24,26). The molecule has 2 heterocycles. The highest BCUT2D eigenvalue weighted by Crippen LogP contribution is 2.29. The van der Waals surface area contributed by atoms with Crippen molar-refractivity contribution in [2.45, 2.75) is 32.5 Å². The molecule has 0 aliphatic heterocycles. The minimum absolute atomic E-state index is 0.0264. The first-order valence-electron chi connectivity index (χ1n) is 8.03. The molecule has 26 heavy (non-hydrogen) atoms. The van der Waals surface area contributed by atoms with Gasteiger partial charge in [0.05, 0.1) is 30.1 Å².